The zero-order valence-electron chi connectivity index (χ0n) is 38.2. The Morgan fingerprint density at radius 2 is 1.06 bits per heavy atom. The van der Waals surface area contributed by atoms with E-state index in [-0.39, 0.29) is 54.1 Å². The largest absolute Gasteiger partial charge is 1.00 e. The Labute approximate surface area is 401 Å². The van der Waals surface area contributed by atoms with Crippen molar-refractivity contribution in [2.24, 2.45) is 0 Å². The van der Waals surface area contributed by atoms with Crippen LogP contribution in [-0.2, 0) is 0 Å². The van der Waals surface area contributed by atoms with E-state index in [9.17, 15) is 10.1 Å². The molecule has 4 aliphatic heterocycles. The van der Waals surface area contributed by atoms with Crippen LogP contribution in [0, 0.1) is 24.0 Å². The molecular formula is C49H67IN13O2-. The summed E-state index contributed by atoms with van der Waals surface area (Å²) >= 11 is 0. The third-order valence-electron chi connectivity index (χ3n) is 14.2. The molecule has 4 aliphatic rings. The zero-order valence-corrected chi connectivity index (χ0v) is 40.4. The lowest BCUT2D eigenvalue weighted by molar-refractivity contribution is -0.383. The van der Waals surface area contributed by atoms with Gasteiger partial charge >= 0.3 is 5.69 Å². The number of nitro groups is 1. The van der Waals surface area contributed by atoms with Crippen molar-refractivity contribution in [3.63, 3.8) is 0 Å². The van der Waals surface area contributed by atoms with E-state index in [0.717, 1.165) is 107 Å². The van der Waals surface area contributed by atoms with Crippen molar-refractivity contribution < 1.29 is 28.9 Å². The fourth-order valence-electron chi connectivity index (χ4n) is 10.5. The fraction of sp³-hybridized carbons (Fsp3) is 0.510. The van der Waals surface area contributed by atoms with Gasteiger partial charge in [0.15, 0.2) is 0 Å². The number of pyridine rings is 4. The second-order valence-corrected chi connectivity index (χ2v) is 18.2. The number of piperidine rings is 2. The lowest BCUT2D eigenvalue weighted by atomic mass is 9.91. The van der Waals surface area contributed by atoms with Gasteiger partial charge in [-0.05, 0) is 122 Å². The van der Waals surface area contributed by atoms with Gasteiger partial charge in [-0.15, -0.1) is 0 Å². The van der Waals surface area contributed by atoms with Gasteiger partial charge in [0.25, 0.3) is 0 Å². The minimum atomic E-state index is -0.329. The summed E-state index contributed by atoms with van der Waals surface area (Å²) in [6.45, 7) is 12.3. The van der Waals surface area contributed by atoms with Crippen molar-refractivity contribution in [2.75, 3.05) is 90.3 Å². The van der Waals surface area contributed by atoms with Crippen LogP contribution >= 0.6 is 0 Å². The molecule has 0 saturated carbocycles. The maximum atomic E-state index is 11.8. The van der Waals surface area contributed by atoms with E-state index in [0.29, 0.717) is 17.7 Å². The molecule has 0 aromatic carbocycles. The highest BCUT2D eigenvalue weighted by Crippen LogP contribution is 2.42. The molecule has 10 heterocycles. The molecule has 6 aromatic heterocycles. The van der Waals surface area contributed by atoms with Crippen molar-refractivity contribution in [1.29, 1.82) is 0 Å². The smallest absolute Gasteiger partial charge is 0.312 e. The van der Waals surface area contributed by atoms with Gasteiger partial charge < -0.3 is 43.6 Å². The molecule has 65 heavy (non-hydrogen) atoms. The van der Waals surface area contributed by atoms with E-state index in [1.54, 1.807) is 6.07 Å². The van der Waals surface area contributed by atoms with E-state index in [1.165, 1.54) is 34.8 Å². The van der Waals surface area contributed by atoms with Gasteiger partial charge in [0.2, 0.25) is 5.65 Å². The van der Waals surface area contributed by atoms with E-state index in [4.69, 9.17) is 15.0 Å². The van der Waals surface area contributed by atoms with Gasteiger partial charge in [0.05, 0.1) is 51.9 Å². The first-order valence-corrected chi connectivity index (χ1v) is 22.8. The number of aryl methyl sites for hydroxylation is 2. The van der Waals surface area contributed by atoms with Crippen LogP contribution in [-0.4, -0.2) is 134 Å². The van der Waals surface area contributed by atoms with E-state index >= 15 is 0 Å². The standard InChI is InChI=1S/C24H31N7O2.C24H32N6.CH4.HI/c1-17-6-5-11-25-23(17)20-8-4-7-19(28(20)3)18-16-30-22(29-14-12-27(2)13-15-29)10-9-21(31(32)33)24(30)26-18;1-18-7-6-12-25-24(18)21-9-4-8-20(28(21)3)19-17-30-22(26-19)10-5-11-23(30)29-15-13-27(2)14-16-29;;/h5-6,9-11,16,19-20H,4,7-8,12-15H2,1-3H3;5-7,10-12,17,20-21H,4,8-9,13-16H2,1-3H3;1H4;1H/p-1/t19-,20+;20-,21+;;/m00../s1. The lowest BCUT2D eigenvalue weighted by Gasteiger charge is -2.39. The summed E-state index contributed by atoms with van der Waals surface area (Å²) in [5, 5.41) is 11.8. The van der Waals surface area contributed by atoms with Crippen LogP contribution in [0.3, 0.4) is 0 Å². The number of nitrogens with zero attached hydrogens (tertiary/aromatic N) is 13. The molecular weight excluding hydrogens is 930 g/mol. The number of anilines is 2. The van der Waals surface area contributed by atoms with Gasteiger partial charge in [-0.25, -0.2) is 9.97 Å². The third kappa shape index (κ3) is 9.87. The van der Waals surface area contributed by atoms with Crippen LogP contribution in [0.4, 0.5) is 17.3 Å². The summed E-state index contributed by atoms with van der Waals surface area (Å²) in [5.74, 6) is 2.23. The minimum absolute atomic E-state index is 0. The van der Waals surface area contributed by atoms with Crippen LogP contribution in [0.5, 0.6) is 0 Å². The van der Waals surface area contributed by atoms with Gasteiger partial charge in [0.1, 0.15) is 17.3 Å². The van der Waals surface area contributed by atoms with E-state index < -0.39 is 0 Å². The number of aromatic nitrogens is 6. The molecule has 0 radical (unpaired) electrons. The van der Waals surface area contributed by atoms with Crippen molar-refractivity contribution in [3.05, 3.63) is 123 Å². The van der Waals surface area contributed by atoms with Crippen molar-refractivity contribution >= 4 is 28.6 Å². The molecule has 0 aliphatic carbocycles. The number of piperazine rings is 2. The highest BCUT2D eigenvalue weighted by Gasteiger charge is 2.35. The van der Waals surface area contributed by atoms with E-state index in [1.807, 2.05) is 41.2 Å². The molecule has 6 aromatic rings. The Hall–Kier alpha value is -4.75. The maximum absolute atomic E-state index is 11.8. The Bertz CT molecular complexity index is 2550. The van der Waals surface area contributed by atoms with Gasteiger partial charge in [-0.2, -0.15) is 0 Å². The molecule has 4 saturated heterocycles. The summed E-state index contributed by atoms with van der Waals surface area (Å²) in [6.07, 6.45) is 14.7. The average molecular weight is 997 g/mol. The monoisotopic (exact) mass is 996 g/mol. The molecule has 0 unspecified atom stereocenters. The van der Waals surface area contributed by atoms with Crippen LogP contribution in [0.2, 0.25) is 0 Å². The normalized spacial score (nSPS) is 22.6. The number of halogens is 1. The number of hydrogen-bond acceptors (Lipinski definition) is 12. The first-order chi connectivity index (χ1) is 30.5. The van der Waals surface area contributed by atoms with E-state index in [2.05, 4.69) is 117 Å². The second kappa shape index (κ2) is 20.8. The van der Waals surface area contributed by atoms with Crippen LogP contribution in [0.15, 0.2) is 79.4 Å². The Balaban J connectivity index is 0.000000189. The first-order valence-electron chi connectivity index (χ1n) is 22.8. The van der Waals surface area contributed by atoms with Crippen molar-refractivity contribution in [1.82, 2.24) is 48.3 Å². The SMILES string of the molecule is C.Cc1cccnc1[C@H]1CCC[C@@H](c2cn3c(N4CCN(C)CC4)ccc([N+](=O)[O-])c3n2)N1C.Cc1cccnc1[C@H]1CCC[C@@H](c2cn3c(N4CCN(C)CC4)cccc3n2)N1C.[I-]. The number of fused-ring (bicyclic) bond motifs is 2. The van der Waals surface area contributed by atoms with Crippen LogP contribution in [0.25, 0.3) is 11.3 Å². The van der Waals surface area contributed by atoms with Crippen LogP contribution < -0.4 is 33.8 Å². The summed E-state index contributed by atoms with van der Waals surface area (Å²) < 4.78 is 4.23. The molecule has 4 atom stereocenters. The van der Waals surface area contributed by atoms with Crippen molar-refractivity contribution in [3.8, 4) is 0 Å². The predicted octanol–water partition coefficient (Wildman–Crippen LogP) is 4.92. The number of imidazole rings is 2. The summed E-state index contributed by atoms with van der Waals surface area (Å²) in [6, 6.07) is 19.2. The molecule has 16 heteroatoms. The molecule has 0 N–H and O–H groups in total. The quantitative estimate of drug-likeness (QED) is 0.123. The van der Waals surface area contributed by atoms with Crippen molar-refractivity contribution in [2.45, 2.75) is 84.0 Å². The number of likely N-dealkylation sites (N-methyl/N-ethyl adjacent to an activating group) is 2. The topological polar surface area (TPSA) is 123 Å². The number of likely N-dealkylation sites (tertiary alicyclic amines) is 2. The third-order valence-corrected chi connectivity index (χ3v) is 14.2. The second-order valence-electron chi connectivity index (χ2n) is 18.2. The fourth-order valence-corrected chi connectivity index (χ4v) is 10.5. The zero-order chi connectivity index (χ0) is 43.8. The molecule has 10 rings (SSSR count). The Morgan fingerprint density at radius 1 is 0.585 bits per heavy atom. The lowest BCUT2D eigenvalue weighted by Crippen LogP contribution is -3.00. The molecule has 0 amide bonds. The Morgan fingerprint density at radius 3 is 1.57 bits per heavy atom. The molecule has 0 spiro atoms. The summed E-state index contributed by atoms with van der Waals surface area (Å²) in [7, 11) is 8.69. The number of rotatable bonds is 7. The number of hydrogen-bond donors (Lipinski definition) is 0. The maximum Gasteiger partial charge on any atom is 0.312 e. The highest BCUT2D eigenvalue weighted by molar-refractivity contribution is 5.66. The predicted molar refractivity (Wildman–Crippen MR) is 255 cm³/mol. The molecule has 4 fully saturated rings. The van der Waals surface area contributed by atoms with Crippen LogP contribution in [0.1, 0.15) is 104 Å². The van der Waals surface area contributed by atoms with Gasteiger partial charge in [0, 0.05) is 83.2 Å². The molecule has 0 bridgehead atoms. The molecule has 348 valence electrons. The average Bonchev–Trinajstić information content (AvgIpc) is 3.93. The Kier molecular flexibility index (Phi) is 15.4. The highest BCUT2D eigenvalue weighted by atomic mass is 127. The molecule has 15 nitrogen and oxygen atoms in total. The summed E-state index contributed by atoms with van der Waals surface area (Å²) in [4.78, 5) is 45.1. The minimum Gasteiger partial charge on any atom is -1.00 e. The summed E-state index contributed by atoms with van der Waals surface area (Å²) in [5.41, 5.74) is 8.39. The first kappa shape index (κ1) is 48.2. The van der Waals surface area contributed by atoms with Gasteiger partial charge in [-0.1, -0.05) is 25.6 Å². The van der Waals surface area contributed by atoms with Gasteiger partial charge in [-0.3, -0.25) is 38.7 Å².